The summed E-state index contributed by atoms with van der Waals surface area (Å²) in [6, 6.07) is 12.5. The number of rotatable bonds is 4. The van der Waals surface area contributed by atoms with Gasteiger partial charge in [-0.25, -0.2) is 0 Å². The summed E-state index contributed by atoms with van der Waals surface area (Å²) in [4.78, 5) is 0. The molecule has 18 heavy (non-hydrogen) atoms. The molecule has 1 N–H and O–H groups in total. The van der Waals surface area contributed by atoms with Crippen LogP contribution in [-0.2, 0) is 0 Å². The summed E-state index contributed by atoms with van der Waals surface area (Å²) in [6.07, 6.45) is 0. The maximum absolute atomic E-state index is 5.57. The van der Waals surface area contributed by atoms with Crippen LogP contribution in [0.25, 0.3) is 0 Å². The Balaban J connectivity index is 2.19. The van der Waals surface area contributed by atoms with Crippen LogP contribution in [0.1, 0.15) is 44.1 Å². The Morgan fingerprint density at radius 2 is 1.78 bits per heavy atom. The Morgan fingerprint density at radius 1 is 1.06 bits per heavy atom. The van der Waals surface area contributed by atoms with Crippen molar-refractivity contribution in [2.45, 2.75) is 32.7 Å². The van der Waals surface area contributed by atoms with E-state index in [0.717, 1.165) is 10.4 Å². The number of hydrogen-bond donors (Lipinski definition) is 1. The quantitative estimate of drug-likeness (QED) is 0.825. The van der Waals surface area contributed by atoms with E-state index in [1.54, 1.807) is 0 Å². The Bertz CT molecular complexity index is 519. The molecule has 2 aromatic rings. The molecule has 0 aliphatic carbocycles. The minimum atomic E-state index is 0.149. The lowest BCUT2D eigenvalue weighted by Crippen LogP contribution is -2.08. The second-order valence-corrected chi connectivity index (χ2v) is 5.53. The van der Waals surface area contributed by atoms with Crippen molar-refractivity contribution in [1.82, 2.24) is 0 Å². The van der Waals surface area contributed by atoms with Gasteiger partial charge in [-0.05, 0) is 52.5 Å². The molecule has 1 unspecified atom stereocenters. The molecule has 0 fully saturated rings. The summed E-state index contributed by atoms with van der Waals surface area (Å²) in [6.45, 7) is 6.51. The minimum Gasteiger partial charge on any atom is -0.452 e. The number of anilines is 1. The molecule has 1 aromatic carbocycles. The number of para-hydroxylation sites is 1. The molecule has 0 bridgehead atoms. The zero-order chi connectivity index (χ0) is 13.1. The van der Waals surface area contributed by atoms with E-state index in [4.69, 9.17) is 4.42 Å². The molecule has 0 saturated carbocycles. The first kappa shape index (κ1) is 13.2. The molecular weight excluding hydrogens is 290 g/mol. The van der Waals surface area contributed by atoms with Gasteiger partial charge in [-0.1, -0.05) is 32.0 Å². The maximum atomic E-state index is 5.57. The Kier molecular flexibility index (Phi) is 4.12. The zero-order valence-corrected chi connectivity index (χ0v) is 12.5. The molecule has 1 aromatic heterocycles. The van der Waals surface area contributed by atoms with Crippen LogP contribution in [-0.4, -0.2) is 0 Å². The summed E-state index contributed by atoms with van der Waals surface area (Å²) in [5.74, 6) is 1.43. The lowest BCUT2D eigenvalue weighted by Gasteiger charge is -2.18. The molecule has 0 aliphatic rings. The van der Waals surface area contributed by atoms with Crippen molar-refractivity contribution < 1.29 is 4.42 Å². The van der Waals surface area contributed by atoms with Crippen LogP contribution >= 0.6 is 15.9 Å². The maximum Gasteiger partial charge on any atom is 0.169 e. The molecule has 3 heteroatoms. The van der Waals surface area contributed by atoms with Crippen LogP contribution in [0.2, 0.25) is 0 Å². The molecule has 0 aliphatic heterocycles. The van der Waals surface area contributed by atoms with Gasteiger partial charge in [0.25, 0.3) is 0 Å². The van der Waals surface area contributed by atoms with Gasteiger partial charge in [0.1, 0.15) is 5.76 Å². The normalized spacial score (nSPS) is 12.7. The predicted octanol–water partition coefficient (Wildman–Crippen LogP) is 5.34. The zero-order valence-electron chi connectivity index (χ0n) is 10.9. The molecular formula is C15H18BrNO. The Labute approximate surface area is 117 Å². The van der Waals surface area contributed by atoms with Crippen molar-refractivity contribution >= 4 is 21.6 Å². The highest BCUT2D eigenvalue weighted by molar-refractivity contribution is 9.10. The number of nitrogens with one attached hydrogen (secondary N) is 1. The summed E-state index contributed by atoms with van der Waals surface area (Å²) in [7, 11) is 0. The van der Waals surface area contributed by atoms with E-state index in [2.05, 4.69) is 66.3 Å². The highest BCUT2D eigenvalue weighted by Crippen LogP contribution is 2.28. The Morgan fingerprint density at radius 3 is 2.39 bits per heavy atom. The van der Waals surface area contributed by atoms with E-state index in [9.17, 15) is 0 Å². The second-order valence-electron chi connectivity index (χ2n) is 4.75. The van der Waals surface area contributed by atoms with Crippen LogP contribution < -0.4 is 5.32 Å². The number of hydrogen-bond acceptors (Lipinski definition) is 2. The van der Waals surface area contributed by atoms with Crippen LogP contribution in [0, 0.1) is 0 Å². The van der Waals surface area contributed by atoms with E-state index >= 15 is 0 Å². The highest BCUT2D eigenvalue weighted by atomic mass is 79.9. The van der Waals surface area contributed by atoms with E-state index in [0.29, 0.717) is 5.92 Å². The Hall–Kier alpha value is -1.22. The standard InChI is InChI=1S/C15H18BrNO/c1-10(2)12-6-4-5-7-13(12)17-11(3)14-8-9-15(16)18-14/h4-11,17H,1-3H3. The van der Waals surface area contributed by atoms with E-state index < -0.39 is 0 Å². The average Bonchev–Trinajstić information content (AvgIpc) is 2.76. The average molecular weight is 308 g/mol. The lowest BCUT2D eigenvalue weighted by atomic mass is 10.0. The van der Waals surface area contributed by atoms with Gasteiger partial charge in [0.15, 0.2) is 4.67 Å². The fraction of sp³-hybridized carbons (Fsp3) is 0.333. The minimum absolute atomic E-state index is 0.149. The molecule has 2 rings (SSSR count). The fourth-order valence-corrected chi connectivity index (χ4v) is 2.32. The number of benzene rings is 1. The van der Waals surface area contributed by atoms with Crippen molar-refractivity contribution in [2.24, 2.45) is 0 Å². The van der Waals surface area contributed by atoms with Gasteiger partial charge in [-0.3, -0.25) is 0 Å². The van der Waals surface area contributed by atoms with Gasteiger partial charge in [-0.15, -0.1) is 0 Å². The van der Waals surface area contributed by atoms with Crippen molar-refractivity contribution in [3.05, 3.63) is 52.4 Å². The summed E-state index contributed by atoms with van der Waals surface area (Å²) in [5, 5.41) is 3.51. The molecule has 0 radical (unpaired) electrons. The first-order valence-corrected chi connectivity index (χ1v) is 6.98. The lowest BCUT2D eigenvalue weighted by molar-refractivity contribution is 0.471. The van der Waals surface area contributed by atoms with E-state index in [1.165, 1.54) is 11.3 Å². The third-order valence-electron chi connectivity index (χ3n) is 2.98. The van der Waals surface area contributed by atoms with Gasteiger partial charge >= 0.3 is 0 Å². The van der Waals surface area contributed by atoms with Crippen LogP contribution in [0.4, 0.5) is 5.69 Å². The topological polar surface area (TPSA) is 25.2 Å². The molecule has 1 atom stereocenters. The predicted molar refractivity (Wildman–Crippen MR) is 79.0 cm³/mol. The van der Waals surface area contributed by atoms with Gasteiger partial charge < -0.3 is 9.73 Å². The monoisotopic (exact) mass is 307 g/mol. The molecule has 1 heterocycles. The summed E-state index contributed by atoms with van der Waals surface area (Å²) in [5.41, 5.74) is 2.50. The molecule has 0 amide bonds. The molecule has 96 valence electrons. The molecule has 0 spiro atoms. The van der Waals surface area contributed by atoms with Crippen molar-refractivity contribution in [1.29, 1.82) is 0 Å². The SMILES string of the molecule is CC(C)c1ccccc1NC(C)c1ccc(Br)o1. The fourth-order valence-electron chi connectivity index (χ4n) is 2.00. The number of furan rings is 1. The molecule has 0 saturated heterocycles. The van der Waals surface area contributed by atoms with Crippen LogP contribution in [0.15, 0.2) is 45.5 Å². The summed E-state index contributed by atoms with van der Waals surface area (Å²) < 4.78 is 6.34. The molecule has 2 nitrogen and oxygen atoms in total. The van der Waals surface area contributed by atoms with Crippen LogP contribution in [0.3, 0.4) is 0 Å². The van der Waals surface area contributed by atoms with Gasteiger partial charge in [0.05, 0.1) is 6.04 Å². The van der Waals surface area contributed by atoms with E-state index in [-0.39, 0.29) is 6.04 Å². The van der Waals surface area contributed by atoms with Crippen molar-refractivity contribution in [2.75, 3.05) is 5.32 Å². The van der Waals surface area contributed by atoms with Crippen LogP contribution in [0.5, 0.6) is 0 Å². The van der Waals surface area contributed by atoms with Gasteiger partial charge in [-0.2, -0.15) is 0 Å². The number of halogens is 1. The van der Waals surface area contributed by atoms with E-state index in [1.807, 2.05) is 12.1 Å². The highest BCUT2D eigenvalue weighted by Gasteiger charge is 2.12. The first-order chi connectivity index (χ1) is 8.58. The van der Waals surface area contributed by atoms with Gasteiger partial charge in [0, 0.05) is 5.69 Å². The largest absolute Gasteiger partial charge is 0.452 e. The third-order valence-corrected chi connectivity index (χ3v) is 3.40. The second kappa shape index (κ2) is 5.61. The first-order valence-electron chi connectivity index (χ1n) is 6.18. The smallest absolute Gasteiger partial charge is 0.169 e. The van der Waals surface area contributed by atoms with Gasteiger partial charge in [0.2, 0.25) is 0 Å². The third kappa shape index (κ3) is 2.96. The van der Waals surface area contributed by atoms with Crippen molar-refractivity contribution in [3.63, 3.8) is 0 Å². The summed E-state index contributed by atoms with van der Waals surface area (Å²) >= 11 is 3.33. The van der Waals surface area contributed by atoms with Crippen molar-refractivity contribution in [3.8, 4) is 0 Å².